The quantitative estimate of drug-likeness (QED) is 0.740. The molecule has 1 aliphatic carbocycles. The van der Waals surface area contributed by atoms with E-state index in [9.17, 15) is 4.79 Å². The molecule has 1 saturated carbocycles. The Bertz CT molecular complexity index is 362. The predicted molar refractivity (Wildman–Crippen MR) is 66.6 cm³/mol. The Balaban J connectivity index is 1.61. The van der Waals surface area contributed by atoms with Gasteiger partial charge in [0.2, 0.25) is 5.91 Å². The number of pyridine rings is 1. The summed E-state index contributed by atoms with van der Waals surface area (Å²) >= 11 is 0. The van der Waals surface area contributed by atoms with Crippen molar-refractivity contribution in [1.29, 1.82) is 0 Å². The lowest BCUT2D eigenvalue weighted by Gasteiger charge is -2.16. The molecule has 0 unspecified atom stereocenters. The lowest BCUT2D eigenvalue weighted by molar-refractivity contribution is -0.129. The molecule has 17 heavy (non-hydrogen) atoms. The molecule has 1 N–H and O–H groups in total. The van der Waals surface area contributed by atoms with Crippen LogP contribution in [0.15, 0.2) is 24.5 Å². The molecule has 92 valence electrons. The topological polar surface area (TPSA) is 45.2 Å². The number of nitrogens with zero attached hydrogens (tertiary/aromatic N) is 2. The molecule has 4 nitrogen and oxygen atoms in total. The van der Waals surface area contributed by atoms with E-state index >= 15 is 0 Å². The summed E-state index contributed by atoms with van der Waals surface area (Å²) in [6, 6.07) is 4.48. The molecule has 0 atom stereocenters. The molecule has 1 fully saturated rings. The highest BCUT2D eigenvalue weighted by Gasteiger charge is 2.28. The van der Waals surface area contributed by atoms with E-state index in [4.69, 9.17) is 0 Å². The Hall–Kier alpha value is -1.42. The van der Waals surface area contributed by atoms with Gasteiger partial charge < -0.3 is 10.2 Å². The van der Waals surface area contributed by atoms with Gasteiger partial charge in [-0.2, -0.15) is 0 Å². The minimum absolute atomic E-state index is 0.193. The maximum atomic E-state index is 11.7. The number of carbonyl (C=O) groups is 1. The first-order valence-corrected chi connectivity index (χ1v) is 6.12. The molecule has 0 bridgehead atoms. The third-order valence-corrected chi connectivity index (χ3v) is 3.08. The van der Waals surface area contributed by atoms with Gasteiger partial charge in [-0.05, 0) is 37.4 Å². The average Bonchev–Trinajstić information content (AvgIpc) is 3.19. The minimum atomic E-state index is 0.193. The van der Waals surface area contributed by atoms with Gasteiger partial charge in [0.05, 0.1) is 6.54 Å². The van der Waals surface area contributed by atoms with E-state index in [1.807, 2.05) is 30.3 Å². The Morgan fingerprint density at radius 1 is 1.59 bits per heavy atom. The monoisotopic (exact) mass is 233 g/mol. The van der Waals surface area contributed by atoms with Crippen LogP contribution in [0.1, 0.15) is 18.4 Å². The van der Waals surface area contributed by atoms with Gasteiger partial charge in [0, 0.05) is 25.5 Å². The van der Waals surface area contributed by atoms with Gasteiger partial charge in [-0.15, -0.1) is 0 Å². The summed E-state index contributed by atoms with van der Waals surface area (Å²) in [6.07, 6.45) is 6.87. The van der Waals surface area contributed by atoms with Crippen molar-refractivity contribution in [3.8, 4) is 0 Å². The van der Waals surface area contributed by atoms with Crippen LogP contribution in [0.25, 0.3) is 0 Å². The van der Waals surface area contributed by atoms with Crippen molar-refractivity contribution >= 4 is 5.91 Å². The van der Waals surface area contributed by atoms with Gasteiger partial charge in [0.25, 0.3) is 0 Å². The summed E-state index contributed by atoms with van der Waals surface area (Å²) in [7, 11) is 1.89. The van der Waals surface area contributed by atoms with Crippen LogP contribution >= 0.6 is 0 Å². The van der Waals surface area contributed by atoms with Crippen molar-refractivity contribution in [3.05, 3.63) is 30.1 Å². The molecular formula is C13H19N3O. The van der Waals surface area contributed by atoms with Gasteiger partial charge >= 0.3 is 0 Å². The van der Waals surface area contributed by atoms with E-state index in [0.29, 0.717) is 12.6 Å². The molecule has 2 rings (SSSR count). The summed E-state index contributed by atoms with van der Waals surface area (Å²) in [5.41, 5.74) is 1.20. The zero-order chi connectivity index (χ0) is 12.1. The van der Waals surface area contributed by atoms with E-state index in [2.05, 4.69) is 10.3 Å². The Morgan fingerprint density at radius 3 is 3.06 bits per heavy atom. The zero-order valence-electron chi connectivity index (χ0n) is 10.2. The largest absolute Gasteiger partial charge is 0.342 e. The fourth-order valence-corrected chi connectivity index (χ4v) is 1.76. The normalized spacial score (nSPS) is 14.6. The summed E-state index contributed by atoms with van der Waals surface area (Å²) < 4.78 is 0. The van der Waals surface area contributed by atoms with Gasteiger partial charge in [0.15, 0.2) is 0 Å². The number of hydrogen-bond donors (Lipinski definition) is 1. The second-order valence-corrected chi connectivity index (χ2v) is 4.52. The van der Waals surface area contributed by atoms with Gasteiger partial charge in [-0.1, -0.05) is 6.07 Å². The number of nitrogens with one attached hydrogen (secondary N) is 1. The fraction of sp³-hybridized carbons (Fsp3) is 0.538. The Labute approximate surface area is 102 Å². The summed E-state index contributed by atoms with van der Waals surface area (Å²) in [4.78, 5) is 17.6. The van der Waals surface area contributed by atoms with Crippen LogP contribution in [0.4, 0.5) is 0 Å². The maximum Gasteiger partial charge on any atom is 0.236 e. The standard InChI is InChI=1S/C13H19N3O/c1-16(12-4-5-12)13(17)10-15-8-6-11-3-2-7-14-9-11/h2-3,7,9,12,15H,4-6,8,10H2,1H3. The minimum Gasteiger partial charge on any atom is -0.342 e. The van der Waals surface area contributed by atoms with E-state index in [-0.39, 0.29) is 5.91 Å². The number of rotatable bonds is 6. The van der Waals surface area contributed by atoms with Crippen LogP contribution < -0.4 is 5.32 Å². The van der Waals surface area contributed by atoms with E-state index in [1.54, 1.807) is 6.20 Å². The zero-order valence-corrected chi connectivity index (χ0v) is 10.2. The molecule has 0 aliphatic heterocycles. The second-order valence-electron chi connectivity index (χ2n) is 4.52. The van der Waals surface area contributed by atoms with Crippen molar-refractivity contribution < 1.29 is 4.79 Å². The van der Waals surface area contributed by atoms with Crippen LogP contribution in [0.2, 0.25) is 0 Å². The SMILES string of the molecule is CN(C(=O)CNCCc1cccnc1)C1CC1. The molecule has 0 aromatic carbocycles. The molecular weight excluding hydrogens is 214 g/mol. The number of carbonyl (C=O) groups excluding carboxylic acids is 1. The first kappa shape index (κ1) is 12.0. The molecule has 1 heterocycles. The van der Waals surface area contributed by atoms with Gasteiger partial charge in [-0.25, -0.2) is 0 Å². The second kappa shape index (κ2) is 5.77. The third kappa shape index (κ3) is 3.82. The highest BCUT2D eigenvalue weighted by molar-refractivity contribution is 5.78. The molecule has 0 saturated heterocycles. The molecule has 1 aromatic rings. The maximum absolute atomic E-state index is 11.7. The Morgan fingerprint density at radius 2 is 2.41 bits per heavy atom. The highest BCUT2D eigenvalue weighted by atomic mass is 16.2. The van der Waals surface area contributed by atoms with Crippen LogP contribution in [0, 0.1) is 0 Å². The average molecular weight is 233 g/mol. The lowest BCUT2D eigenvalue weighted by atomic mass is 10.2. The van der Waals surface area contributed by atoms with Gasteiger partial charge in [0.1, 0.15) is 0 Å². The summed E-state index contributed by atoms with van der Waals surface area (Å²) in [6.45, 7) is 1.25. The van der Waals surface area contributed by atoms with Crippen molar-refractivity contribution in [2.24, 2.45) is 0 Å². The van der Waals surface area contributed by atoms with Crippen LogP contribution in [0.5, 0.6) is 0 Å². The highest BCUT2D eigenvalue weighted by Crippen LogP contribution is 2.24. The van der Waals surface area contributed by atoms with Crippen molar-refractivity contribution in [3.63, 3.8) is 0 Å². The van der Waals surface area contributed by atoms with Crippen molar-refractivity contribution in [2.75, 3.05) is 20.1 Å². The van der Waals surface area contributed by atoms with E-state index in [1.165, 1.54) is 5.56 Å². The molecule has 1 amide bonds. The smallest absolute Gasteiger partial charge is 0.236 e. The first-order valence-electron chi connectivity index (χ1n) is 6.12. The molecule has 1 aromatic heterocycles. The lowest BCUT2D eigenvalue weighted by Crippen LogP contribution is -2.37. The molecule has 0 spiro atoms. The van der Waals surface area contributed by atoms with Crippen molar-refractivity contribution in [1.82, 2.24) is 15.2 Å². The number of aromatic nitrogens is 1. The molecule has 1 aliphatic rings. The van der Waals surface area contributed by atoms with Crippen LogP contribution in [-0.2, 0) is 11.2 Å². The Kier molecular flexibility index (Phi) is 4.09. The number of amides is 1. The molecule has 4 heteroatoms. The third-order valence-electron chi connectivity index (χ3n) is 3.08. The fourth-order valence-electron chi connectivity index (χ4n) is 1.76. The van der Waals surface area contributed by atoms with E-state index in [0.717, 1.165) is 25.8 Å². The van der Waals surface area contributed by atoms with Gasteiger partial charge in [-0.3, -0.25) is 9.78 Å². The van der Waals surface area contributed by atoms with E-state index < -0.39 is 0 Å². The summed E-state index contributed by atoms with van der Waals surface area (Å²) in [5, 5.41) is 3.18. The predicted octanol–water partition coefficient (Wildman–Crippen LogP) is 0.834. The van der Waals surface area contributed by atoms with Crippen LogP contribution in [0.3, 0.4) is 0 Å². The van der Waals surface area contributed by atoms with Crippen LogP contribution in [-0.4, -0.2) is 42.0 Å². The number of likely N-dealkylation sites (N-methyl/N-ethyl adjacent to an activating group) is 1. The molecule has 0 radical (unpaired) electrons. The first-order chi connectivity index (χ1) is 8.27. The summed E-state index contributed by atoms with van der Waals surface area (Å²) in [5.74, 6) is 0.193. The van der Waals surface area contributed by atoms with Crippen molar-refractivity contribution in [2.45, 2.75) is 25.3 Å². The number of hydrogen-bond acceptors (Lipinski definition) is 3.